The van der Waals surface area contributed by atoms with Crippen LogP contribution in [0.3, 0.4) is 0 Å². The number of H-pyrrole nitrogens is 1. The fourth-order valence-corrected chi connectivity index (χ4v) is 2.08. The lowest BCUT2D eigenvalue weighted by molar-refractivity contribution is 0.337. The molecule has 2 rings (SSSR count). The molecule has 0 atom stereocenters. The molecule has 0 aliphatic rings. The molecule has 5 nitrogen and oxygen atoms in total. The fourth-order valence-electron chi connectivity index (χ4n) is 2.08. The molecular weight excluding hydrogens is 259 g/mol. The lowest BCUT2D eigenvalue weighted by atomic mass is 10.1. The van der Waals surface area contributed by atoms with Crippen LogP contribution in [0.25, 0.3) is 11.3 Å². The van der Waals surface area contributed by atoms with E-state index in [0.29, 0.717) is 6.54 Å². The van der Waals surface area contributed by atoms with Crippen LogP contribution in [0.15, 0.2) is 24.4 Å². The van der Waals surface area contributed by atoms with Crippen molar-refractivity contribution in [2.75, 3.05) is 27.2 Å². The third-order valence-corrected chi connectivity index (χ3v) is 3.09. The molecule has 0 amide bonds. The van der Waals surface area contributed by atoms with Gasteiger partial charge in [0, 0.05) is 37.0 Å². The first-order valence-electron chi connectivity index (χ1n) is 6.41. The van der Waals surface area contributed by atoms with E-state index in [-0.39, 0.29) is 11.6 Å². The minimum atomic E-state index is -0.381. The molecule has 0 saturated heterocycles. The van der Waals surface area contributed by atoms with Crippen LogP contribution in [-0.4, -0.2) is 42.3 Å². The Morgan fingerprint density at radius 2 is 2.25 bits per heavy atom. The average molecular weight is 278 g/mol. The highest BCUT2D eigenvalue weighted by molar-refractivity contribution is 5.64. The van der Waals surface area contributed by atoms with E-state index in [1.165, 1.54) is 13.2 Å². The summed E-state index contributed by atoms with van der Waals surface area (Å²) in [5.74, 6) is -0.166. The van der Waals surface area contributed by atoms with E-state index in [4.69, 9.17) is 10.5 Å². The Bertz CT molecular complexity index is 570. The second-order valence-corrected chi connectivity index (χ2v) is 4.63. The van der Waals surface area contributed by atoms with Crippen molar-refractivity contribution in [1.29, 1.82) is 0 Å². The largest absolute Gasteiger partial charge is 0.494 e. The highest BCUT2D eigenvalue weighted by Gasteiger charge is 2.12. The molecule has 3 N–H and O–H groups in total. The Morgan fingerprint density at radius 3 is 2.95 bits per heavy atom. The number of nitrogens with zero attached hydrogens (tertiary/aromatic N) is 2. The van der Waals surface area contributed by atoms with E-state index in [2.05, 4.69) is 15.1 Å². The first-order chi connectivity index (χ1) is 9.65. The Labute approximate surface area is 117 Å². The average Bonchev–Trinajstić information content (AvgIpc) is 2.87. The van der Waals surface area contributed by atoms with Crippen molar-refractivity contribution >= 4 is 0 Å². The lowest BCUT2D eigenvalue weighted by Crippen LogP contribution is -2.25. The molecule has 0 saturated carbocycles. The predicted octanol–water partition coefficient (Wildman–Crippen LogP) is 1.61. The molecule has 0 aliphatic carbocycles. The van der Waals surface area contributed by atoms with Crippen LogP contribution in [-0.2, 0) is 6.54 Å². The maximum absolute atomic E-state index is 13.4. The lowest BCUT2D eigenvalue weighted by Gasteiger charge is -2.15. The highest BCUT2D eigenvalue weighted by Crippen LogP contribution is 2.27. The van der Waals surface area contributed by atoms with Gasteiger partial charge in [0.15, 0.2) is 11.6 Å². The second-order valence-electron chi connectivity index (χ2n) is 4.63. The summed E-state index contributed by atoms with van der Waals surface area (Å²) in [5, 5.41) is 7.10. The van der Waals surface area contributed by atoms with Crippen LogP contribution in [0.4, 0.5) is 4.39 Å². The molecule has 0 aliphatic heterocycles. The minimum absolute atomic E-state index is 0.215. The number of aromatic nitrogens is 2. The van der Waals surface area contributed by atoms with Crippen molar-refractivity contribution in [1.82, 2.24) is 15.1 Å². The SMILES string of the molecule is COc1cc(-c2n[nH]cc2CN(C)CCN)ccc1F. The van der Waals surface area contributed by atoms with Gasteiger partial charge in [-0.05, 0) is 25.2 Å². The van der Waals surface area contributed by atoms with Crippen LogP contribution in [0.5, 0.6) is 5.75 Å². The number of rotatable bonds is 6. The van der Waals surface area contributed by atoms with Gasteiger partial charge >= 0.3 is 0 Å². The van der Waals surface area contributed by atoms with Gasteiger partial charge in [-0.25, -0.2) is 4.39 Å². The van der Waals surface area contributed by atoms with E-state index < -0.39 is 0 Å². The first-order valence-corrected chi connectivity index (χ1v) is 6.41. The predicted molar refractivity (Wildman–Crippen MR) is 75.9 cm³/mol. The number of nitrogens with two attached hydrogens (primary N) is 1. The molecule has 0 spiro atoms. The van der Waals surface area contributed by atoms with Crippen molar-refractivity contribution in [2.24, 2.45) is 5.73 Å². The van der Waals surface area contributed by atoms with Crippen molar-refractivity contribution in [3.8, 4) is 17.0 Å². The van der Waals surface area contributed by atoms with Gasteiger partial charge < -0.3 is 15.4 Å². The van der Waals surface area contributed by atoms with Gasteiger partial charge in [0.1, 0.15) is 0 Å². The number of halogens is 1. The van der Waals surface area contributed by atoms with Gasteiger partial charge in [-0.1, -0.05) is 0 Å². The summed E-state index contributed by atoms with van der Waals surface area (Å²) in [6, 6.07) is 4.73. The van der Waals surface area contributed by atoms with Gasteiger partial charge in [0.25, 0.3) is 0 Å². The van der Waals surface area contributed by atoms with Crippen LogP contribution < -0.4 is 10.5 Å². The summed E-state index contributed by atoms with van der Waals surface area (Å²) in [5.41, 5.74) is 8.19. The molecule has 0 radical (unpaired) electrons. The van der Waals surface area contributed by atoms with E-state index in [0.717, 1.165) is 29.9 Å². The number of likely N-dealkylation sites (N-methyl/N-ethyl adjacent to an activating group) is 1. The van der Waals surface area contributed by atoms with Crippen LogP contribution in [0.2, 0.25) is 0 Å². The molecule has 108 valence electrons. The maximum Gasteiger partial charge on any atom is 0.165 e. The van der Waals surface area contributed by atoms with E-state index >= 15 is 0 Å². The van der Waals surface area contributed by atoms with Crippen molar-refractivity contribution < 1.29 is 9.13 Å². The summed E-state index contributed by atoms with van der Waals surface area (Å²) in [6.07, 6.45) is 1.85. The molecule has 1 aromatic heterocycles. The zero-order valence-electron chi connectivity index (χ0n) is 11.7. The summed E-state index contributed by atoms with van der Waals surface area (Å²) in [6.45, 7) is 2.13. The van der Waals surface area contributed by atoms with Crippen LogP contribution >= 0.6 is 0 Å². The molecule has 0 fully saturated rings. The first kappa shape index (κ1) is 14.5. The number of nitrogens with one attached hydrogen (secondary N) is 1. The number of hydrogen-bond donors (Lipinski definition) is 2. The number of aromatic amines is 1. The normalized spacial score (nSPS) is 11.1. The van der Waals surface area contributed by atoms with Crippen LogP contribution in [0.1, 0.15) is 5.56 Å². The maximum atomic E-state index is 13.4. The Hall–Kier alpha value is -1.92. The Balaban J connectivity index is 2.27. The second kappa shape index (κ2) is 6.49. The van der Waals surface area contributed by atoms with Gasteiger partial charge in [0.2, 0.25) is 0 Å². The summed E-state index contributed by atoms with van der Waals surface area (Å²) in [7, 11) is 3.44. The third-order valence-electron chi connectivity index (χ3n) is 3.09. The fraction of sp³-hybridized carbons (Fsp3) is 0.357. The van der Waals surface area contributed by atoms with Crippen LogP contribution in [0, 0.1) is 5.82 Å². The number of methoxy groups -OCH3 is 1. The van der Waals surface area contributed by atoms with E-state index in [9.17, 15) is 4.39 Å². The molecular formula is C14H19FN4O. The Morgan fingerprint density at radius 1 is 1.45 bits per heavy atom. The number of ether oxygens (including phenoxy) is 1. The van der Waals surface area contributed by atoms with Gasteiger partial charge in [-0.3, -0.25) is 5.10 Å². The molecule has 20 heavy (non-hydrogen) atoms. The molecule has 6 heteroatoms. The monoisotopic (exact) mass is 278 g/mol. The van der Waals surface area contributed by atoms with Gasteiger partial charge in [-0.15, -0.1) is 0 Å². The molecule has 0 unspecified atom stereocenters. The van der Waals surface area contributed by atoms with E-state index in [1.807, 2.05) is 13.2 Å². The van der Waals surface area contributed by atoms with Gasteiger partial charge in [0.05, 0.1) is 12.8 Å². The summed E-state index contributed by atoms with van der Waals surface area (Å²) in [4.78, 5) is 2.11. The topological polar surface area (TPSA) is 67.2 Å². The van der Waals surface area contributed by atoms with Gasteiger partial charge in [-0.2, -0.15) is 5.10 Å². The smallest absolute Gasteiger partial charge is 0.165 e. The van der Waals surface area contributed by atoms with E-state index in [1.54, 1.807) is 12.1 Å². The molecule has 0 bridgehead atoms. The standard InChI is InChI=1S/C14H19FN4O/c1-19(6-5-16)9-11-8-17-18-14(11)10-3-4-12(15)13(7-10)20-2/h3-4,7-8H,5-6,9,16H2,1-2H3,(H,17,18). The quantitative estimate of drug-likeness (QED) is 0.842. The van der Waals surface area contributed by atoms with Crippen molar-refractivity contribution in [3.05, 3.63) is 35.8 Å². The molecule has 1 aromatic carbocycles. The molecule has 1 heterocycles. The summed E-state index contributed by atoms with van der Waals surface area (Å²) >= 11 is 0. The molecule has 2 aromatic rings. The zero-order chi connectivity index (χ0) is 14.5. The third kappa shape index (κ3) is 3.15. The minimum Gasteiger partial charge on any atom is -0.494 e. The highest BCUT2D eigenvalue weighted by atomic mass is 19.1. The Kier molecular flexibility index (Phi) is 4.70. The van der Waals surface area contributed by atoms with Crippen molar-refractivity contribution in [3.63, 3.8) is 0 Å². The zero-order valence-corrected chi connectivity index (χ0v) is 11.7. The number of benzene rings is 1. The number of hydrogen-bond acceptors (Lipinski definition) is 4. The summed E-state index contributed by atoms with van der Waals surface area (Å²) < 4.78 is 18.5. The van der Waals surface area contributed by atoms with Crippen molar-refractivity contribution in [2.45, 2.75) is 6.54 Å².